The molecule has 16 heavy (non-hydrogen) atoms. The molecule has 0 aliphatic heterocycles. The van der Waals surface area contributed by atoms with Crippen LogP contribution >= 0.6 is 0 Å². The lowest BCUT2D eigenvalue weighted by Crippen LogP contribution is -2.40. The highest BCUT2D eigenvalue weighted by Gasteiger charge is 2.21. The van der Waals surface area contributed by atoms with Gasteiger partial charge in [0.05, 0.1) is 12.5 Å². The van der Waals surface area contributed by atoms with Crippen molar-refractivity contribution in [3.8, 4) is 0 Å². The van der Waals surface area contributed by atoms with Crippen LogP contribution in [0.25, 0.3) is 0 Å². The molecule has 0 saturated heterocycles. The van der Waals surface area contributed by atoms with Gasteiger partial charge in [0.25, 0.3) is 0 Å². The molecule has 1 unspecified atom stereocenters. The molecule has 0 spiro atoms. The van der Waals surface area contributed by atoms with E-state index in [1.54, 1.807) is 19.6 Å². The maximum Gasteiger partial charge on any atom is 0.193 e. The summed E-state index contributed by atoms with van der Waals surface area (Å²) in [7, 11) is 1.63. The molecule has 5 nitrogen and oxygen atoms in total. The zero-order valence-electron chi connectivity index (χ0n) is 9.66. The number of furan rings is 1. The van der Waals surface area contributed by atoms with Gasteiger partial charge >= 0.3 is 0 Å². The van der Waals surface area contributed by atoms with E-state index in [9.17, 15) is 0 Å². The van der Waals surface area contributed by atoms with Gasteiger partial charge in [0, 0.05) is 18.5 Å². The minimum atomic E-state index is -0.116. The fourth-order valence-electron chi connectivity index (χ4n) is 1.59. The maximum atomic E-state index is 8.03. The summed E-state index contributed by atoms with van der Waals surface area (Å²) in [5.41, 5.74) is 6.33. The molecule has 0 radical (unpaired) electrons. The van der Waals surface area contributed by atoms with Crippen LogP contribution in [-0.2, 0) is 0 Å². The summed E-state index contributed by atoms with van der Waals surface area (Å²) in [4.78, 5) is 1.38. The first-order chi connectivity index (χ1) is 7.57. The van der Waals surface area contributed by atoms with Gasteiger partial charge in [-0.05, 0) is 12.5 Å². The van der Waals surface area contributed by atoms with Gasteiger partial charge in [-0.15, -0.1) is 0 Å². The summed E-state index contributed by atoms with van der Waals surface area (Å²) in [5, 5.41) is 15.3. The van der Waals surface area contributed by atoms with Crippen molar-refractivity contribution in [3.63, 3.8) is 0 Å². The number of nitrogens with one attached hydrogen (secondary N) is 2. The number of amidine groups is 1. The third-order valence-corrected chi connectivity index (χ3v) is 2.58. The Hall–Kier alpha value is -1.78. The lowest BCUT2D eigenvalue weighted by Gasteiger charge is -2.24. The van der Waals surface area contributed by atoms with Gasteiger partial charge in [-0.25, -0.2) is 0 Å². The van der Waals surface area contributed by atoms with Crippen LogP contribution < -0.4 is 5.73 Å². The van der Waals surface area contributed by atoms with Gasteiger partial charge in [-0.2, -0.15) is 0 Å². The summed E-state index contributed by atoms with van der Waals surface area (Å²) in [6.07, 6.45) is 5.04. The topological polar surface area (TPSA) is 90.1 Å². The lowest BCUT2D eigenvalue weighted by atomic mass is 9.95. The second-order valence-corrected chi connectivity index (χ2v) is 3.73. The van der Waals surface area contributed by atoms with E-state index in [4.69, 9.17) is 21.0 Å². The normalized spacial score (nSPS) is 12.1. The van der Waals surface area contributed by atoms with Crippen LogP contribution in [0.1, 0.15) is 31.2 Å². The van der Waals surface area contributed by atoms with Crippen molar-refractivity contribution in [1.29, 1.82) is 10.8 Å². The van der Waals surface area contributed by atoms with Crippen LogP contribution in [0, 0.1) is 10.8 Å². The van der Waals surface area contributed by atoms with Crippen molar-refractivity contribution in [1.82, 2.24) is 4.90 Å². The molecule has 4 N–H and O–H groups in total. The maximum absolute atomic E-state index is 8.03. The van der Waals surface area contributed by atoms with Gasteiger partial charge in [-0.1, -0.05) is 13.3 Å². The molecule has 0 amide bonds. The number of likely N-dealkylation sites (N-methyl/N-ethyl adjacent to an activating group) is 1. The fraction of sp³-hybridized carbons (Fsp3) is 0.455. The largest absolute Gasteiger partial charge is 0.472 e. The molecule has 1 aromatic heterocycles. The average molecular weight is 222 g/mol. The smallest absolute Gasteiger partial charge is 0.193 e. The Labute approximate surface area is 95.3 Å². The number of hydrogen-bond acceptors (Lipinski definition) is 3. The molecular weight excluding hydrogens is 204 g/mol. The summed E-state index contributed by atoms with van der Waals surface area (Å²) in [6.45, 7) is 2.06. The highest BCUT2D eigenvalue weighted by Crippen LogP contribution is 2.23. The zero-order chi connectivity index (χ0) is 12.1. The molecule has 0 aliphatic rings. The molecule has 5 heteroatoms. The van der Waals surface area contributed by atoms with Gasteiger partial charge < -0.3 is 15.1 Å². The molecule has 1 heterocycles. The van der Waals surface area contributed by atoms with E-state index in [0.29, 0.717) is 5.84 Å². The third kappa shape index (κ3) is 2.62. The summed E-state index contributed by atoms with van der Waals surface area (Å²) >= 11 is 0. The van der Waals surface area contributed by atoms with E-state index in [2.05, 4.69) is 6.92 Å². The average Bonchev–Trinajstić information content (AvgIpc) is 2.76. The molecule has 88 valence electrons. The van der Waals surface area contributed by atoms with E-state index in [1.165, 1.54) is 4.90 Å². The van der Waals surface area contributed by atoms with Crippen molar-refractivity contribution in [2.24, 2.45) is 5.73 Å². The Bertz CT molecular complexity index is 358. The molecule has 0 aromatic carbocycles. The first-order valence-electron chi connectivity index (χ1n) is 5.26. The number of hydrogen-bond donors (Lipinski definition) is 3. The summed E-state index contributed by atoms with van der Waals surface area (Å²) in [6, 6.07) is 1.85. The zero-order valence-corrected chi connectivity index (χ0v) is 9.66. The summed E-state index contributed by atoms with van der Waals surface area (Å²) < 4.78 is 5.03. The van der Waals surface area contributed by atoms with Crippen molar-refractivity contribution in [3.05, 3.63) is 24.2 Å². The van der Waals surface area contributed by atoms with Gasteiger partial charge in [-0.3, -0.25) is 10.8 Å². The van der Waals surface area contributed by atoms with Gasteiger partial charge in [0.2, 0.25) is 0 Å². The molecular formula is C11H18N4O. The van der Waals surface area contributed by atoms with Crippen molar-refractivity contribution >= 4 is 11.8 Å². The van der Waals surface area contributed by atoms with Crippen molar-refractivity contribution in [2.45, 2.75) is 25.7 Å². The SMILES string of the molecule is CCCC(C(=N)N(C)C(=N)N)c1ccoc1. The number of nitrogens with two attached hydrogens (primary N) is 1. The van der Waals surface area contributed by atoms with E-state index in [-0.39, 0.29) is 11.9 Å². The van der Waals surface area contributed by atoms with Crippen LogP contribution in [0.2, 0.25) is 0 Å². The quantitative estimate of drug-likeness (QED) is 0.537. The van der Waals surface area contributed by atoms with E-state index >= 15 is 0 Å². The Morgan fingerprint density at radius 1 is 1.56 bits per heavy atom. The van der Waals surface area contributed by atoms with E-state index in [0.717, 1.165) is 18.4 Å². The second kappa shape index (κ2) is 5.34. The van der Waals surface area contributed by atoms with Crippen molar-refractivity contribution < 1.29 is 4.42 Å². The minimum Gasteiger partial charge on any atom is -0.472 e. The number of guanidine groups is 1. The molecule has 1 atom stereocenters. The number of nitrogens with zero attached hydrogens (tertiary/aromatic N) is 1. The van der Waals surface area contributed by atoms with Crippen LogP contribution in [0.15, 0.2) is 23.0 Å². The molecule has 0 bridgehead atoms. The third-order valence-electron chi connectivity index (χ3n) is 2.58. The van der Waals surface area contributed by atoms with Crippen LogP contribution in [0.3, 0.4) is 0 Å². The Kier molecular flexibility index (Phi) is 4.10. The molecule has 0 fully saturated rings. The van der Waals surface area contributed by atoms with E-state index in [1.807, 2.05) is 6.07 Å². The van der Waals surface area contributed by atoms with Crippen molar-refractivity contribution in [2.75, 3.05) is 7.05 Å². The minimum absolute atomic E-state index is 0.0577. The highest BCUT2D eigenvalue weighted by atomic mass is 16.3. The predicted octanol–water partition coefficient (Wildman–Crippen LogP) is 1.97. The van der Waals surface area contributed by atoms with E-state index < -0.39 is 0 Å². The first kappa shape index (κ1) is 12.3. The standard InChI is InChI=1S/C11H18N4O/c1-3-4-9(8-5-6-16-7-8)10(12)15(2)11(13)14/h5-7,9,12H,3-4H2,1-2H3,(H3,13,14). The Morgan fingerprint density at radius 3 is 2.69 bits per heavy atom. The summed E-state index contributed by atoms with van der Waals surface area (Å²) in [5.74, 6) is 0.156. The Morgan fingerprint density at radius 2 is 2.25 bits per heavy atom. The molecule has 0 saturated carbocycles. The molecule has 1 rings (SSSR count). The monoisotopic (exact) mass is 222 g/mol. The number of rotatable bonds is 4. The van der Waals surface area contributed by atoms with Gasteiger partial charge in [0.15, 0.2) is 5.96 Å². The Balaban J connectivity index is 2.86. The van der Waals surface area contributed by atoms with Crippen LogP contribution in [0.4, 0.5) is 0 Å². The predicted molar refractivity (Wildman–Crippen MR) is 63.8 cm³/mol. The molecule has 1 aromatic rings. The molecule has 0 aliphatic carbocycles. The lowest BCUT2D eigenvalue weighted by molar-refractivity contribution is 0.557. The second-order valence-electron chi connectivity index (χ2n) is 3.73. The van der Waals surface area contributed by atoms with Gasteiger partial charge in [0.1, 0.15) is 5.84 Å². The highest BCUT2D eigenvalue weighted by molar-refractivity contribution is 5.99. The fourth-order valence-corrected chi connectivity index (χ4v) is 1.59. The van der Waals surface area contributed by atoms with Crippen LogP contribution in [-0.4, -0.2) is 23.7 Å². The first-order valence-corrected chi connectivity index (χ1v) is 5.26. The van der Waals surface area contributed by atoms with Crippen LogP contribution in [0.5, 0.6) is 0 Å².